The number of carbonyl (C=O) groups is 2. The Hall–Kier alpha value is -2.53. The second-order valence-electron chi connectivity index (χ2n) is 8.02. The first-order valence-corrected chi connectivity index (χ1v) is 13.0. The Balaban J connectivity index is 1.18. The molecule has 2 aliphatic rings. The number of anilines is 1. The fraction of sp³-hybridized carbons (Fsp3) is 0.545. The van der Waals surface area contributed by atoms with Gasteiger partial charge in [0.2, 0.25) is 11.0 Å². The molecule has 1 aliphatic carbocycles. The van der Waals surface area contributed by atoms with Gasteiger partial charge in [0.1, 0.15) is 11.5 Å². The molecular weight excluding hydrogens is 462 g/mol. The smallest absolute Gasteiger partial charge is 0.260 e. The van der Waals surface area contributed by atoms with Crippen LogP contribution >= 0.6 is 23.1 Å². The lowest BCUT2D eigenvalue weighted by Crippen LogP contribution is -2.50. The molecular formula is C22H29N5O4S2. The van der Waals surface area contributed by atoms with Gasteiger partial charge in [0, 0.05) is 38.3 Å². The van der Waals surface area contributed by atoms with E-state index in [-0.39, 0.29) is 18.4 Å². The van der Waals surface area contributed by atoms with E-state index in [4.69, 9.17) is 9.47 Å². The van der Waals surface area contributed by atoms with Crippen LogP contribution < -0.4 is 19.7 Å². The lowest BCUT2D eigenvalue weighted by Gasteiger charge is -2.34. The standard InChI is InChI=1S/C22H29N5O4S2/c1-30-17-7-4-8-18(13-17)31-14-20(29)26-9-11-27(12-10-26)21-24-25-22(33-21)32-15-19(28)23-16-5-2-3-6-16/h4,7-8,13,16H,2-3,5-6,9-12,14-15H2,1H3,(H,23,28). The molecule has 1 aromatic carbocycles. The van der Waals surface area contributed by atoms with Crippen LogP contribution in [0.15, 0.2) is 28.6 Å². The minimum absolute atomic E-state index is 0.00428. The Morgan fingerprint density at radius 3 is 2.67 bits per heavy atom. The van der Waals surface area contributed by atoms with E-state index in [9.17, 15) is 9.59 Å². The molecule has 2 heterocycles. The van der Waals surface area contributed by atoms with Crippen molar-refractivity contribution in [3.05, 3.63) is 24.3 Å². The number of nitrogens with zero attached hydrogens (tertiary/aromatic N) is 4. The van der Waals surface area contributed by atoms with E-state index in [1.165, 1.54) is 35.9 Å². The fourth-order valence-corrected chi connectivity index (χ4v) is 5.63. The molecule has 0 atom stereocenters. The van der Waals surface area contributed by atoms with Crippen LogP contribution in [-0.4, -0.2) is 78.6 Å². The normalized spacial score (nSPS) is 16.6. The average Bonchev–Trinajstić information content (AvgIpc) is 3.54. The van der Waals surface area contributed by atoms with Gasteiger partial charge >= 0.3 is 0 Å². The van der Waals surface area contributed by atoms with Crippen LogP contribution in [0.3, 0.4) is 0 Å². The van der Waals surface area contributed by atoms with Crippen molar-refractivity contribution in [2.24, 2.45) is 0 Å². The van der Waals surface area contributed by atoms with Gasteiger partial charge in [-0.2, -0.15) is 0 Å². The molecule has 33 heavy (non-hydrogen) atoms. The number of methoxy groups -OCH3 is 1. The predicted octanol–water partition coefficient (Wildman–Crippen LogP) is 2.43. The van der Waals surface area contributed by atoms with Crippen molar-refractivity contribution in [3.63, 3.8) is 0 Å². The summed E-state index contributed by atoms with van der Waals surface area (Å²) in [5.41, 5.74) is 0. The molecule has 2 amide bonds. The van der Waals surface area contributed by atoms with E-state index in [1.54, 1.807) is 24.1 Å². The van der Waals surface area contributed by atoms with Crippen LogP contribution in [0.1, 0.15) is 25.7 Å². The lowest BCUT2D eigenvalue weighted by molar-refractivity contribution is -0.133. The van der Waals surface area contributed by atoms with E-state index in [2.05, 4.69) is 20.4 Å². The fourth-order valence-electron chi connectivity index (χ4n) is 3.93. The van der Waals surface area contributed by atoms with Crippen molar-refractivity contribution in [2.45, 2.75) is 36.1 Å². The minimum Gasteiger partial charge on any atom is -0.497 e. The Morgan fingerprint density at radius 2 is 1.91 bits per heavy atom. The average molecular weight is 492 g/mol. The molecule has 0 spiro atoms. The van der Waals surface area contributed by atoms with Crippen LogP contribution in [0.25, 0.3) is 0 Å². The molecule has 1 saturated heterocycles. The monoisotopic (exact) mass is 491 g/mol. The van der Waals surface area contributed by atoms with E-state index in [0.29, 0.717) is 49.5 Å². The Morgan fingerprint density at radius 1 is 1.15 bits per heavy atom. The predicted molar refractivity (Wildman–Crippen MR) is 128 cm³/mol. The van der Waals surface area contributed by atoms with E-state index >= 15 is 0 Å². The third kappa shape index (κ3) is 6.73. The second-order valence-corrected chi connectivity index (χ2v) is 10.2. The van der Waals surface area contributed by atoms with Gasteiger partial charge in [0.15, 0.2) is 10.9 Å². The number of benzene rings is 1. The van der Waals surface area contributed by atoms with Gasteiger partial charge in [-0.25, -0.2) is 0 Å². The maximum absolute atomic E-state index is 12.5. The Labute approximate surface area is 201 Å². The summed E-state index contributed by atoms with van der Waals surface area (Å²) in [5, 5.41) is 12.4. The number of thioether (sulfide) groups is 1. The number of ether oxygens (including phenoxy) is 2. The number of amides is 2. The van der Waals surface area contributed by atoms with Crippen LogP contribution in [0.4, 0.5) is 5.13 Å². The third-order valence-corrected chi connectivity index (χ3v) is 7.87. The molecule has 2 aromatic rings. The molecule has 0 bridgehead atoms. The van der Waals surface area contributed by atoms with Crippen LogP contribution in [-0.2, 0) is 9.59 Å². The lowest BCUT2D eigenvalue weighted by atomic mass is 10.2. The molecule has 1 aliphatic heterocycles. The van der Waals surface area contributed by atoms with Gasteiger partial charge in [-0.15, -0.1) is 10.2 Å². The van der Waals surface area contributed by atoms with Crippen molar-refractivity contribution in [1.82, 2.24) is 20.4 Å². The van der Waals surface area contributed by atoms with Crippen molar-refractivity contribution < 1.29 is 19.1 Å². The molecule has 178 valence electrons. The van der Waals surface area contributed by atoms with E-state index in [0.717, 1.165) is 22.3 Å². The first-order valence-electron chi connectivity index (χ1n) is 11.2. The maximum atomic E-state index is 12.5. The molecule has 0 radical (unpaired) electrons. The summed E-state index contributed by atoms with van der Waals surface area (Å²) in [6, 6.07) is 7.55. The number of rotatable bonds is 9. The molecule has 0 unspecified atom stereocenters. The van der Waals surface area contributed by atoms with Gasteiger partial charge in [-0.1, -0.05) is 42.0 Å². The van der Waals surface area contributed by atoms with Gasteiger partial charge in [-0.05, 0) is 25.0 Å². The number of carbonyl (C=O) groups excluding carboxylic acids is 2. The molecule has 4 rings (SSSR count). The number of nitrogens with one attached hydrogen (secondary N) is 1. The zero-order valence-electron chi connectivity index (χ0n) is 18.7. The quantitative estimate of drug-likeness (QED) is 0.535. The first kappa shape index (κ1) is 23.6. The van der Waals surface area contributed by atoms with E-state index in [1.807, 2.05) is 12.1 Å². The van der Waals surface area contributed by atoms with Crippen LogP contribution in [0.2, 0.25) is 0 Å². The maximum Gasteiger partial charge on any atom is 0.260 e. The van der Waals surface area contributed by atoms with E-state index < -0.39 is 0 Å². The zero-order chi connectivity index (χ0) is 23.0. The van der Waals surface area contributed by atoms with Crippen LogP contribution in [0.5, 0.6) is 11.5 Å². The summed E-state index contributed by atoms with van der Waals surface area (Å²) in [7, 11) is 1.59. The second kappa shape index (κ2) is 11.6. The van der Waals surface area contributed by atoms with Crippen molar-refractivity contribution in [2.75, 3.05) is 50.5 Å². The van der Waals surface area contributed by atoms with Crippen LogP contribution in [0, 0.1) is 0 Å². The number of piperazine rings is 1. The molecule has 11 heteroatoms. The Kier molecular flexibility index (Phi) is 8.27. The summed E-state index contributed by atoms with van der Waals surface area (Å²) >= 11 is 2.92. The molecule has 1 N–H and O–H groups in total. The number of hydrogen-bond donors (Lipinski definition) is 1. The number of aromatic nitrogens is 2. The summed E-state index contributed by atoms with van der Waals surface area (Å²) < 4.78 is 11.6. The number of hydrogen-bond acceptors (Lipinski definition) is 9. The molecule has 9 nitrogen and oxygen atoms in total. The third-order valence-electron chi connectivity index (χ3n) is 5.75. The summed E-state index contributed by atoms with van der Waals surface area (Å²) in [4.78, 5) is 28.6. The highest BCUT2D eigenvalue weighted by Gasteiger charge is 2.24. The largest absolute Gasteiger partial charge is 0.497 e. The zero-order valence-corrected chi connectivity index (χ0v) is 20.3. The highest BCUT2D eigenvalue weighted by Crippen LogP contribution is 2.29. The van der Waals surface area contributed by atoms with Crippen molar-refractivity contribution in [1.29, 1.82) is 0 Å². The molecule has 1 aromatic heterocycles. The van der Waals surface area contributed by atoms with Gasteiger partial charge < -0.3 is 24.6 Å². The summed E-state index contributed by atoms with van der Waals surface area (Å²) in [5.74, 6) is 1.68. The summed E-state index contributed by atoms with van der Waals surface area (Å²) in [6.45, 7) is 2.58. The van der Waals surface area contributed by atoms with Gasteiger partial charge in [-0.3, -0.25) is 9.59 Å². The SMILES string of the molecule is COc1cccc(OCC(=O)N2CCN(c3nnc(SCC(=O)NC4CCCC4)s3)CC2)c1. The molecule has 2 fully saturated rings. The first-order chi connectivity index (χ1) is 16.1. The minimum atomic E-state index is -0.0424. The van der Waals surface area contributed by atoms with Gasteiger partial charge in [0.05, 0.1) is 12.9 Å². The summed E-state index contributed by atoms with van der Waals surface area (Å²) in [6.07, 6.45) is 4.57. The molecule has 1 saturated carbocycles. The highest BCUT2D eigenvalue weighted by atomic mass is 32.2. The van der Waals surface area contributed by atoms with Crippen molar-refractivity contribution >= 4 is 40.0 Å². The Bertz CT molecular complexity index is 942. The van der Waals surface area contributed by atoms with Gasteiger partial charge in [0.25, 0.3) is 5.91 Å². The topological polar surface area (TPSA) is 96.9 Å². The van der Waals surface area contributed by atoms with Crippen molar-refractivity contribution in [3.8, 4) is 11.5 Å². The highest BCUT2D eigenvalue weighted by molar-refractivity contribution is 8.01.